The molecule has 0 saturated carbocycles. The highest BCUT2D eigenvalue weighted by molar-refractivity contribution is 9.10. The van der Waals surface area contributed by atoms with Crippen LogP contribution in [0.4, 0.5) is 4.39 Å². The van der Waals surface area contributed by atoms with Gasteiger partial charge in [-0.2, -0.15) is 0 Å². The fourth-order valence-corrected chi connectivity index (χ4v) is 2.10. The van der Waals surface area contributed by atoms with Gasteiger partial charge in [0, 0.05) is 16.6 Å². The Morgan fingerprint density at radius 1 is 1.56 bits per heavy atom. The maximum Gasteiger partial charge on any atom is 0.240 e. The first-order valence-electron chi connectivity index (χ1n) is 5.88. The minimum Gasteiger partial charge on any atom is -0.350 e. The second-order valence-electron chi connectivity index (χ2n) is 4.59. The third-order valence-corrected chi connectivity index (χ3v) is 3.23. The Morgan fingerprint density at radius 3 is 2.83 bits per heavy atom. The lowest BCUT2D eigenvalue weighted by molar-refractivity contribution is -0.126. The van der Waals surface area contributed by atoms with Crippen LogP contribution in [0.3, 0.4) is 0 Å². The summed E-state index contributed by atoms with van der Waals surface area (Å²) >= 11 is 3.26. The minimum atomic E-state index is -0.906. The van der Waals surface area contributed by atoms with Gasteiger partial charge >= 0.3 is 0 Å². The average molecular weight is 317 g/mol. The largest absolute Gasteiger partial charge is 0.350 e. The molecule has 0 saturated heterocycles. The summed E-state index contributed by atoms with van der Waals surface area (Å²) in [6.07, 6.45) is 1.42. The number of nitrogens with one attached hydrogen (secondary N) is 1. The molecule has 0 bridgehead atoms. The summed E-state index contributed by atoms with van der Waals surface area (Å²) in [6, 6.07) is 4.62. The van der Waals surface area contributed by atoms with E-state index in [2.05, 4.69) is 21.2 Å². The van der Waals surface area contributed by atoms with Crippen molar-refractivity contribution >= 4 is 21.8 Å². The van der Waals surface area contributed by atoms with E-state index in [-0.39, 0.29) is 18.3 Å². The highest BCUT2D eigenvalue weighted by atomic mass is 79.9. The second-order valence-corrected chi connectivity index (χ2v) is 5.50. The van der Waals surface area contributed by atoms with Crippen molar-refractivity contribution in [1.29, 1.82) is 0 Å². The molecule has 18 heavy (non-hydrogen) atoms. The molecule has 1 aromatic carbocycles. The number of amides is 1. The third-order valence-electron chi connectivity index (χ3n) is 2.74. The van der Waals surface area contributed by atoms with Gasteiger partial charge < -0.3 is 11.1 Å². The molecule has 0 aliphatic heterocycles. The lowest BCUT2D eigenvalue weighted by Crippen LogP contribution is -2.51. The molecule has 0 fully saturated rings. The molecule has 1 unspecified atom stereocenters. The molecule has 1 rings (SSSR count). The van der Waals surface area contributed by atoms with Gasteiger partial charge in [-0.05, 0) is 31.5 Å². The van der Waals surface area contributed by atoms with Crippen molar-refractivity contribution in [3.8, 4) is 0 Å². The van der Waals surface area contributed by atoms with Gasteiger partial charge in [0.2, 0.25) is 5.91 Å². The zero-order chi connectivity index (χ0) is 13.8. The van der Waals surface area contributed by atoms with E-state index in [4.69, 9.17) is 5.73 Å². The number of benzene rings is 1. The predicted molar refractivity (Wildman–Crippen MR) is 73.4 cm³/mol. The molecule has 3 nitrogen and oxygen atoms in total. The maximum absolute atomic E-state index is 13.5. The van der Waals surface area contributed by atoms with E-state index in [1.165, 1.54) is 6.07 Å². The first-order valence-corrected chi connectivity index (χ1v) is 6.67. The SMILES string of the molecule is CCCC(C)(N)C(=O)NCc1cc(Br)ccc1F. The Labute approximate surface area is 115 Å². The van der Waals surface area contributed by atoms with Gasteiger partial charge in [0.05, 0.1) is 5.54 Å². The van der Waals surface area contributed by atoms with Crippen LogP contribution >= 0.6 is 15.9 Å². The van der Waals surface area contributed by atoms with Crippen molar-refractivity contribution < 1.29 is 9.18 Å². The van der Waals surface area contributed by atoms with Gasteiger partial charge in [0.1, 0.15) is 5.82 Å². The minimum absolute atomic E-state index is 0.139. The van der Waals surface area contributed by atoms with Crippen LogP contribution in [0.15, 0.2) is 22.7 Å². The fourth-order valence-electron chi connectivity index (χ4n) is 1.69. The lowest BCUT2D eigenvalue weighted by Gasteiger charge is -2.22. The van der Waals surface area contributed by atoms with Crippen molar-refractivity contribution in [2.45, 2.75) is 38.8 Å². The summed E-state index contributed by atoms with van der Waals surface area (Å²) in [5.41, 5.74) is 5.42. The number of carbonyl (C=O) groups is 1. The quantitative estimate of drug-likeness (QED) is 0.877. The van der Waals surface area contributed by atoms with Crippen LogP contribution in [0.2, 0.25) is 0 Å². The van der Waals surface area contributed by atoms with Crippen LogP contribution in [-0.2, 0) is 11.3 Å². The number of carbonyl (C=O) groups excluding carboxylic acids is 1. The van der Waals surface area contributed by atoms with Crippen molar-refractivity contribution in [1.82, 2.24) is 5.32 Å². The Bertz CT molecular complexity index is 435. The van der Waals surface area contributed by atoms with Gasteiger partial charge in [-0.15, -0.1) is 0 Å². The molecule has 0 aromatic heterocycles. The average Bonchev–Trinajstić information content (AvgIpc) is 2.29. The van der Waals surface area contributed by atoms with Crippen LogP contribution in [0.5, 0.6) is 0 Å². The fraction of sp³-hybridized carbons (Fsp3) is 0.462. The van der Waals surface area contributed by atoms with E-state index >= 15 is 0 Å². The van der Waals surface area contributed by atoms with Gasteiger partial charge in [0.15, 0.2) is 0 Å². The van der Waals surface area contributed by atoms with E-state index in [1.54, 1.807) is 19.1 Å². The van der Waals surface area contributed by atoms with Crippen LogP contribution < -0.4 is 11.1 Å². The normalized spacial score (nSPS) is 14.1. The molecule has 0 aliphatic carbocycles. The molecule has 3 N–H and O–H groups in total. The van der Waals surface area contributed by atoms with E-state index < -0.39 is 5.54 Å². The van der Waals surface area contributed by atoms with E-state index in [9.17, 15) is 9.18 Å². The van der Waals surface area contributed by atoms with Crippen LogP contribution in [-0.4, -0.2) is 11.4 Å². The monoisotopic (exact) mass is 316 g/mol. The van der Waals surface area contributed by atoms with Gasteiger partial charge in [-0.1, -0.05) is 29.3 Å². The van der Waals surface area contributed by atoms with Gasteiger partial charge in [0.25, 0.3) is 0 Å². The molecular weight excluding hydrogens is 299 g/mol. The molecular formula is C13H18BrFN2O. The molecule has 1 amide bonds. The highest BCUT2D eigenvalue weighted by Crippen LogP contribution is 2.16. The summed E-state index contributed by atoms with van der Waals surface area (Å²) < 4.78 is 14.2. The number of rotatable bonds is 5. The summed E-state index contributed by atoms with van der Waals surface area (Å²) in [5, 5.41) is 2.67. The van der Waals surface area contributed by atoms with E-state index in [0.717, 1.165) is 10.9 Å². The number of hydrogen-bond acceptors (Lipinski definition) is 2. The molecule has 100 valence electrons. The maximum atomic E-state index is 13.5. The van der Waals surface area contributed by atoms with Crippen molar-refractivity contribution in [3.63, 3.8) is 0 Å². The molecule has 1 aromatic rings. The lowest BCUT2D eigenvalue weighted by atomic mass is 9.96. The summed E-state index contributed by atoms with van der Waals surface area (Å²) in [5.74, 6) is -0.601. The Hall–Kier alpha value is -0.940. The van der Waals surface area contributed by atoms with E-state index in [0.29, 0.717) is 12.0 Å². The number of halogens is 2. The van der Waals surface area contributed by atoms with Crippen LogP contribution in [0.25, 0.3) is 0 Å². The van der Waals surface area contributed by atoms with Crippen molar-refractivity contribution in [2.75, 3.05) is 0 Å². The molecule has 0 radical (unpaired) electrons. The van der Waals surface area contributed by atoms with Crippen molar-refractivity contribution in [2.24, 2.45) is 5.73 Å². The molecule has 5 heteroatoms. The summed E-state index contributed by atoms with van der Waals surface area (Å²) in [4.78, 5) is 11.9. The molecule has 1 atom stereocenters. The Morgan fingerprint density at radius 2 is 2.22 bits per heavy atom. The smallest absolute Gasteiger partial charge is 0.240 e. The zero-order valence-electron chi connectivity index (χ0n) is 10.6. The second kappa shape index (κ2) is 6.29. The summed E-state index contributed by atoms with van der Waals surface area (Å²) in [6.45, 7) is 3.79. The Kier molecular flexibility index (Phi) is 5.28. The number of hydrogen-bond donors (Lipinski definition) is 2. The Balaban J connectivity index is 2.65. The topological polar surface area (TPSA) is 55.1 Å². The zero-order valence-corrected chi connectivity index (χ0v) is 12.2. The third kappa shape index (κ3) is 4.07. The highest BCUT2D eigenvalue weighted by Gasteiger charge is 2.26. The molecule has 0 heterocycles. The standard InChI is InChI=1S/C13H18BrFN2O/c1-3-6-13(2,16)12(18)17-8-9-7-10(14)4-5-11(9)15/h4-5,7H,3,6,8,16H2,1-2H3,(H,17,18). The van der Waals surface area contributed by atoms with Crippen LogP contribution in [0.1, 0.15) is 32.3 Å². The van der Waals surface area contributed by atoms with Gasteiger partial charge in [-0.25, -0.2) is 4.39 Å². The van der Waals surface area contributed by atoms with Crippen molar-refractivity contribution in [3.05, 3.63) is 34.1 Å². The first-order chi connectivity index (χ1) is 8.36. The molecule has 0 spiro atoms. The number of nitrogens with two attached hydrogens (primary N) is 1. The van der Waals surface area contributed by atoms with Gasteiger partial charge in [-0.3, -0.25) is 4.79 Å². The van der Waals surface area contributed by atoms with Crippen LogP contribution in [0, 0.1) is 5.82 Å². The van der Waals surface area contributed by atoms with E-state index in [1.807, 2.05) is 6.92 Å². The predicted octanol–water partition coefficient (Wildman–Crippen LogP) is 2.72. The molecule has 0 aliphatic rings. The summed E-state index contributed by atoms with van der Waals surface area (Å²) in [7, 11) is 0. The first kappa shape index (κ1) is 15.1.